The third-order valence-electron chi connectivity index (χ3n) is 5.33. The monoisotopic (exact) mass is 428 g/mol. The molecule has 0 unspecified atom stereocenters. The molecule has 31 heavy (non-hydrogen) atoms. The molecule has 1 N–H and O–H groups in total. The fourth-order valence-corrected chi connectivity index (χ4v) is 4.48. The molecule has 0 fully saturated rings. The second-order valence-electron chi connectivity index (χ2n) is 7.37. The van der Waals surface area contributed by atoms with Crippen molar-refractivity contribution in [1.29, 1.82) is 0 Å². The summed E-state index contributed by atoms with van der Waals surface area (Å²) in [6.45, 7) is 0.557. The van der Waals surface area contributed by atoms with Crippen LogP contribution < -0.4 is 15.0 Å². The number of rotatable bonds is 5. The molecular weight excluding hydrogens is 408 g/mol. The normalized spacial score (nSPS) is 12.6. The Balaban J connectivity index is 1.25. The quantitative estimate of drug-likeness (QED) is 0.480. The Morgan fingerprint density at radius 1 is 0.968 bits per heavy atom. The van der Waals surface area contributed by atoms with Crippen molar-refractivity contribution >= 4 is 45.3 Å². The van der Waals surface area contributed by atoms with Gasteiger partial charge in [0.05, 0.1) is 4.88 Å². The van der Waals surface area contributed by atoms with E-state index in [9.17, 15) is 9.59 Å². The largest absolute Gasteiger partial charge is 0.484 e. The Labute approximate surface area is 183 Å². The van der Waals surface area contributed by atoms with E-state index in [2.05, 4.69) is 5.32 Å². The summed E-state index contributed by atoms with van der Waals surface area (Å²) in [7, 11) is 0. The highest BCUT2D eigenvalue weighted by molar-refractivity contribution is 7.12. The molecule has 3 aromatic carbocycles. The number of anilines is 2. The Bertz CT molecular complexity index is 1270. The fraction of sp³-hybridized carbons (Fsp3) is 0.120. The second kappa shape index (κ2) is 8.24. The molecule has 0 saturated heterocycles. The van der Waals surface area contributed by atoms with E-state index in [0.29, 0.717) is 22.9 Å². The molecule has 2 amide bonds. The molecule has 0 bridgehead atoms. The molecular formula is C25H20N2O3S. The summed E-state index contributed by atoms with van der Waals surface area (Å²) in [5.41, 5.74) is 2.61. The summed E-state index contributed by atoms with van der Waals surface area (Å²) < 4.78 is 5.67. The van der Waals surface area contributed by atoms with Crippen molar-refractivity contribution in [2.75, 3.05) is 23.4 Å². The van der Waals surface area contributed by atoms with Crippen molar-refractivity contribution in [2.45, 2.75) is 6.42 Å². The SMILES string of the molecule is O=C(COc1ccc2ccccc2c1)Nc1ccc2c(c1)N(C(=O)c1cccs1)CC2. The highest BCUT2D eigenvalue weighted by Crippen LogP contribution is 2.32. The molecule has 1 aromatic heterocycles. The summed E-state index contributed by atoms with van der Waals surface area (Å²) in [6.07, 6.45) is 0.811. The van der Waals surface area contributed by atoms with Crippen molar-refractivity contribution in [2.24, 2.45) is 0 Å². The second-order valence-corrected chi connectivity index (χ2v) is 8.32. The molecule has 5 nitrogen and oxygen atoms in total. The van der Waals surface area contributed by atoms with Gasteiger partial charge in [0.25, 0.3) is 11.8 Å². The molecule has 6 heteroatoms. The highest BCUT2D eigenvalue weighted by atomic mass is 32.1. The van der Waals surface area contributed by atoms with Gasteiger partial charge in [-0.2, -0.15) is 0 Å². The van der Waals surface area contributed by atoms with Crippen LogP contribution in [0.15, 0.2) is 78.2 Å². The van der Waals surface area contributed by atoms with E-state index in [0.717, 1.165) is 28.4 Å². The van der Waals surface area contributed by atoms with Crippen LogP contribution in [0.5, 0.6) is 5.75 Å². The van der Waals surface area contributed by atoms with E-state index in [1.807, 2.05) is 78.2 Å². The first-order chi connectivity index (χ1) is 15.2. The van der Waals surface area contributed by atoms with Gasteiger partial charge in [0, 0.05) is 17.9 Å². The predicted octanol–water partition coefficient (Wildman–Crippen LogP) is 5.12. The zero-order valence-electron chi connectivity index (χ0n) is 16.7. The van der Waals surface area contributed by atoms with Crippen LogP contribution in [-0.2, 0) is 11.2 Å². The smallest absolute Gasteiger partial charge is 0.268 e. The number of nitrogens with one attached hydrogen (secondary N) is 1. The van der Waals surface area contributed by atoms with Gasteiger partial charge < -0.3 is 15.0 Å². The van der Waals surface area contributed by atoms with Crippen molar-refractivity contribution in [3.8, 4) is 5.75 Å². The van der Waals surface area contributed by atoms with Crippen LogP contribution in [0, 0.1) is 0 Å². The lowest BCUT2D eigenvalue weighted by Crippen LogP contribution is -2.28. The lowest BCUT2D eigenvalue weighted by Gasteiger charge is -2.17. The van der Waals surface area contributed by atoms with Gasteiger partial charge in [0.15, 0.2) is 6.61 Å². The molecule has 1 aliphatic heterocycles. The Hall–Kier alpha value is -3.64. The molecule has 1 aliphatic rings. The highest BCUT2D eigenvalue weighted by Gasteiger charge is 2.26. The summed E-state index contributed by atoms with van der Waals surface area (Å²) in [5.74, 6) is 0.398. The molecule has 0 atom stereocenters. The number of hydrogen-bond donors (Lipinski definition) is 1. The first kappa shape index (κ1) is 19.3. The van der Waals surface area contributed by atoms with Crippen molar-refractivity contribution in [3.63, 3.8) is 0 Å². The number of thiophene rings is 1. The number of carbonyl (C=O) groups excluding carboxylic acids is 2. The maximum absolute atomic E-state index is 12.8. The van der Waals surface area contributed by atoms with Crippen LogP contribution >= 0.6 is 11.3 Å². The number of carbonyl (C=O) groups is 2. The molecule has 5 rings (SSSR count). The minimum absolute atomic E-state index is 0.00290. The van der Waals surface area contributed by atoms with Gasteiger partial charge in [-0.1, -0.05) is 42.5 Å². The van der Waals surface area contributed by atoms with E-state index in [1.54, 1.807) is 4.90 Å². The Kier molecular flexibility index (Phi) is 5.14. The maximum atomic E-state index is 12.8. The Morgan fingerprint density at radius 2 is 1.84 bits per heavy atom. The van der Waals surface area contributed by atoms with Crippen LogP contribution in [-0.4, -0.2) is 25.0 Å². The number of benzene rings is 3. The summed E-state index contributed by atoms with van der Waals surface area (Å²) in [5, 5.41) is 6.96. The molecule has 0 radical (unpaired) electrons. The van der Waals surface area contributed by atoms with E-state index in [-0.39, 0.29) is 18.4 Å². The van der Waals surface area contributed by atoms with E-state index >= 15 is 0 Å². The maximum Gasteiger partial charge on any atom is 0.268 e. The minimum atomic E-state index is -0.248. The van der Waals surface area contributed by atoms with Gasteiger partial charge >= 0.3 is 0 Å². The average molecular weight is 429 g/mol. The minimum Gasteiger partial charge on any atom is -0.484 e. The number of ether oxygens (including phenoxy) is 1. The van der Waals surface area contributed by atoms with Crippen LogP contribution in [0.4, 0.5) is 11.4 Å². The predicted molar refractivity (Wildman–Crippen MR) is 124 cm³/mol. The summed E-state index contributed by atoms with van der Waals surface area (Å²) >= 11 is 1.43. The first-order valence-electron chi connectivity index (χ1n) is 10.1. The van der Waals surface area contributed by atoms with Crippen LogP contribution in [0.2, 0.25) is 0 Å². The number of hydrogen-bond acceptors (Lipinski definition) is 4. The topological polar surface area (TPSA) is 58.6 Å². The van der Waals surface area contributed by atoms with Gasteiger partial charge in [-0.25, -0.2) is 0 Å². The van der Waals surface area contributed by atoms with Crippen molar-refractivity contribution in [1.82, 2.24) is 0 Å². The Morgan fingerprint density at radius 3 is 2.68 bits per heavy atom. The van der Waals surface area contributed by atoms with E-state index < -0.39 is 0 Å². The first-order valence-corrected chi connectivity index (χ1v) is 10.9. The van der Waals surface area contributed by atoms with Crippen LogP contribution in [0.1, 0.15) is 15.2 Å². The third-order valence-corrected chi connectivity index (χ3v) is 6.19. The molecule has 0 spiro atoms. The standard InChI is InChI=1S/C25H20N2O3S/c28-24(16-30-21-10-8-17-4-1-2-5-19(17)14-21)26-20-9-7-18-11-12-27(22(18)15-20)25(29)23-6-3-13-31-23/h1-10,13-15H,11-12,16H2,(H,26,28). The molecule has 0 aliphatic carbocycles. The summed E-state index contributed by atoms with van der Waals surface area (Å²) in [4.78, 5) is 27.7. The van der Waals surface area contributed by atoms with E-state index in [1.165, 1.54) is 11.3 Å². The third kappa shape index (κ3) is 4.02. The van der Waals surface area contributed by atoms with Crippen LogP contribution in [0.3, 0.4) is 0 Å². The molecule has 154 valence electrons. The summed E-state index contributed by atoms with van der Waals surface area (Å²) in [6, 6.07) is 23.2. The van der Waals surface area contributed by atoms with Crippen LogP contribution in [0.25, 0.3) is 10.8 Å². The van der Waals surface area contributed by atoms with Gasteiger partial charge in [-0.15, -0.1) is 11.3 Å². The van der Waals surface area contributed by atoms with Gasteiger partial charge in [0.2, 0.25) is 0 Å². The zero-order valence-corrected chi connectivity index (χ0v) is 17.5. The molecule has 2 heterocycles. The van der Waals surface area contributed by atoms with Crippen molar-refractivity contribution in [3.05, 3.63) is 88.6 Å². The number of amides is 2. The molecule has 4 aromatic rings. The average Bonchev–Trinajstić information content (AvgIpc) is 3.47. The fourth-order valence-electron chi connectivity index (χ4n) is 3.80. The number of fused-ring (bicyclic) bond motifs is 2. The van der Waals surface area contributed by atoms with Gasteiger partial charge in [0.1, 0.15) is 5.75 Å². The lowest BCUT2D eigenvalue weighted by molar-refractivity contribution is -0.118. The van der Waals surface area contributed by atoms with Crippen molar-refractivity contribution < 1.29 is 14.3 Å². The van der Waals surface area contributed by atoms with E-state index in [4.69, 9.17) is 4.74 Å². The zero-order chi connectivity index (χ0) is 21.2. The van der Waals surface area contributed by atoms with Gasteiger partial charge in [-0.3, -0.25) is 9.59 Å². The number of nitrogens with zero attached hydrogens (tertiary/aromatic N) is 1. The lowest BCUT2D eigenvalue weighted by atomic mass is 10.1. The van der Waals surface area contributed by atoms with Gasteiger partial charge in [-0.05, 0) is 58.5 Å². The molecule has 0 saturated carbocycles.